The monoisotopic (exact) mass is 192 g/mol. The van der Waals surface area contributed by atoms with E-state index < -0.39 is 5.97 Å². The SMILES string of the molecule is C#CC(C)c1cn(C)nc1C(=O)OC. The van der Waals surface area contributed by atoms with Gasteiger partial charge in [-0.05, 0) is 6.92 Å². The third kappa shape index (κ3) is 1.77. The third-order valence-electron chi connectivity index (χ3n) is 1.95. The largest absolute Gasteiger partial charge is 0.464 e. The lowest BCUT2D eigenvalue weighted by Crippen LogP contribution is -2.06. The van der Waals surface area contributed by atoms with Crippen LogP contribution in [0.3, 0.4) is 0 Å². The Balaban J connectivity index is 3.17. The van der Waals surface area contributed by atoms with Crippen LogP contribution in [0, 0.1) is 12.3 Å². The van der Waals surface area contributed by atoms with E-state index in [2.05, 4.69) is 15.8 Å². The van der Waals surface area contributed by atoms with E-state index in [1.165, 1.54) is 7.11 Å². The smallest absolute Gasteiger partial charge is 0.358 e. The first-order valence-electron chi connectivity index (χ1n) is 4.18. The minimum Gasteiger partial charge on any atom is -0.464 e. The molecule has 0 spiro atoms. The molecule has 0 fully saturated rings. The van der Waals surface area contributed by atoms with Crippen molar-refractivity contribution in [3.63, 3.8) is 0 Å². The molecule has 74 valence electrons. The van der Waals surface area contributed by atoms with Gasteiger partial charge in [0.1, 0.15) is 0 Å². The van der Waals surface area contributed by atoms with Crippen LogP contribution >= 0.6 is 0 Å². The Morgan fingerprint density at radius 3 is 2.93 bits per heavy atom. The maximum Gasteiger partial charge on any atom is 0.358 e. The summed E-state index contributed by atoms with van der Waals surface area (Å²) < 4.78 is 6.15. The van der Waals surface area contributed by atoms with Crippen molar-refractivity contribution in [1.82, 2.24) is 9.78 Å². The molecule has 1 unspecified atom stereocenters. The van der Waals surface area contributed by atoms with Gasteiger partial charge in [-0.2, -0.15) is 5.10 Å². The van der Waals surface area contributed by atoms with Crippen molar-refractivity contribution in [3.05, 3.63) is 17.5 Å². The van der Waals surface area contributed by atoms with Crippen molar-refractivity contribution >= 4 is 5.97 Å². The number of aromatic nitrogens is 2. The number of hydrogen-bond acceptors (Lipinski definition) is 3. The van der Waals surface area contributed by atoms with E-state index in [0.717, 1.165) is 5.56 Å². The van der Waals surface area contributed by atoms with E-state index >= 15 is 0 Å². The summed E-state index contributed by atoms with van der Waals surface area (Å²) in [5.41, 5.74) is 1.02. The molecular weight excluding hydrogens is 180 g/mol. The number of methoxy groups -OCH3 is 1. The summed E-state index contributed by atoms with van der Waals surface area (Å²) in [6, 6.07) is 0. The lowest BCUT2D eigenvalue weighted by Gasteiger charge is -2.01. The van der Waals surface area contributed by atoms with Gasteiger partial charge in [-0.3, -0.25) is 4.68 Å². The standard InChI is InChI=1S/C10H12N2O2/c1-5-7(2)8-6-12(3)11-9(8)10(13)14-4/h1,6-7H,2-4H3. The van der Waals surface area contributed by atoms with Gasteiger partial charge >= 0.3 is 5.97 Å². The van der Waals surface area contributed by atoms with Gasteiger partial charge in [-0.15, -0.1) is 6.42 Å². The van der Waals surface area contributed by atoms with Crippen LogP contribution in [-0.4, -0.2) is 22.9 Å². The molecule has 0 radical (unpaired) electrons. The summed E-state index contributed by atoms with van der Waals surface area (Å²) in [4.78, 5) is 11.3. The number of rotatable bonds is 2. The molecule has 0 N–H and O–H groups in total. The summed E-state index contributed by atoms with van der Waals surface area (Å²) in [6.45, 7) is 1.84. The van der Waals surface area contributed by atoms with Crippen LogP contribution in [0.4, 0.5) is 0 Å². The number of terminal acetylenes is 1. The molecule has 4 heteroatoms. The molecule has 1 aromatic heterocycles. The van der Waals surface area contributed by atoms with E-state index in [9.17, 15) is 4.79 Å². The van der Waals surface area contributed by atoms with Gasteiger partial charge in [-0.1, -0.05) is 5.92 Å². The fraction of sp³-hybridized carbons (Fsp3) is 0.400. The van der Waals surface area contributed by atoms with Gasteiger partial charge < -0.3 is 4.74 Å². The first-order valence-corrected chi connectivity index (χ1v) is 4.18. The van der Waals surface area contributed by atoms with Gasteiger partial charge in [0, 0.05) is 24.7 Å². The Kier molecular flexibility index (Phi) is 2.92. The van der Waals surface area contributed by atoms with Crippen molar-refractivity contribution in [2.45, 2.75) is 12.8 Å². The molecule has 1 atom stereocenters. The Morgan fingerprint density at radius 1 is 1.79 bits per heavy atom. The number of esters is 1. The highest BCUT2D eigenvalue weighted by Crippen LogP contribution is 2.18. The minimum absolute atomic E-state index is 0.141. The van der Waals surface area contributed by atoms with Gasteiger partial charge in [0.05, 0.1) is 7.11 Å². The molecule has 0 amide bonds. The Morgan fingerprint density at radius 2 is 2.43 bits per heavy atom. The third-order valence-corrected chi connectivity index (χ3v) is 1.95. The highest BCUT2D eigenvalue weighted by molar-refractivity contribution is 5.89. The molecule has 0 aliphatic heterocycles. The lowest BCUT2D eigenvalue weighted by molar-refractivity contribution is 0.0591. The van der Waals surface area contributed by atoms with Gasteiger partial charge in [0.25, 0.3) is 0 Å². The molecule has 0 aliphatic rings. The number of carbonyl (C=O) groups excluding carboxylic acids is 1. The topological polar surface area (TPSA) is 44.1 Å². The van der Waals surface area contributed by atoms with Crippen molar-refractivity contribution in [3.8, 4) is 12.3 Å². The van der Waals surface area contributed by atoms with E-state index in [1.54, 1.807) is 17.9 Å². The molecule has 0 saturated heterocycles. The summed E-state index contributed by atoms with van der Waals surface area (Å²) in [5, 5.41) is 4.00. The highest BCUT2D eigenvalue weighted by Gasteiger charge is 2.19. The molecule has 4 nitrogen and oxygen atoms in total. The molecule has 1 rings (SSSR count). The van der Waals surface area contributed by atoms with Crippen LogP contribution in [0.1, 0.15) is 28.9 Å². The second-order valence-electron chi connectivity index (χ2n) is 2.99. The highest BCUT2D eigenvalue weighted by atomic mass is 16.5. The number of nitrogens with zero attached hydrogens (tertiary/aromatic N) is 2. The Labute approximate surface area is 82.9 Å². The zero-order chi connectivity index (χ0) is 10.7. The molecule has 1 aromatic rings. The first kappa shape index (κ1) is 10.3. The summed E-state index contributed by atoms with van der Waals surface area (Å²) in [7, 11) is 3.06. The molecule has 14 heavy (non-hydrogen) atoms. The minimum atomic E-state index is -0.456. The summed E-state index contributed by atoms with van der Waals surface area (Å²) >= 11 is 0. The second kappa shape index (κ2) is 3.97. The number of hydrogen-bond donors (Lipinski definition) is 0. The summed E-state index contributed by atoms with van der Waals surface area (Å²) in [6.07, 6.45) is 7.02. The predicted molar refractivity (Wildman–Crippen MR) is 51.8 cm³/mol. The molecule has 0 aromatic carbocycles. The van der Waals surface area contributed by atoms with Crippen LogP contribution in [0.2, 0.25) is 0 Å². The fourth-order valence-corrected chi connectivity index (χ4v) is 1.17. The van der Waals surface area contributed by atoms with Gasteiger partial charge in [-0.25, -0.2) is 4.79 Å². The van der Waals surface area contributed by atoms with Crippen LogP contribution in [0.25, 0.3) is 0 Å². The van der Waals surface area contributed by atoms with Crippen molar-refractivity contribution < 1.29 is 9.53 Å². The zero-order valence-electron chi connectivity index (χ0n) is 8.44. The number of aryl methyl sites for hydroxylation is 1. The molecule has 0 bridgehead atoms. The predicted octanol–water partition coefficient (Wildman–Crippen LogP) is 0.943. The first-order chi connectivity index (χ1) is 6.60. The van der Waals surface area contributed by atoms with Gasteiger partial charge in [0.15, 0.2) is 5.69 Å². The quantitative estimate of drug-likeness (QED) is 0.517. The molecule has 0 aliphatic carbocycles. The van der Waals surface area contributed by atoms with E-state index in [0.29, 0.717) is 5.69 Å². The maximum atomic E-state index is 11.3. The average Bonchev–Trinajstić information content (AvgIpc) is 2.58. The van der Waals surface area contributed by atoms with E-state index in [4.69, 9.17) is 6.42 Å². The fourth-order valence-electron chi connectivity index (χ4n) is 1.17. The normalized spacial score (nSPS) is 11.9. The Hall–Kier alpha value is -1.76. The van der Waals surface area contributed by atoms with Crippen molar-refractivity contribution in [2.24, 2.45) is 7.05 Å². The Bertz CT molecular complexity index is 387. The van der Waals surface area contributed by atoms with E-state index in [-0.39, 0.29) is 5.92 Å². The molecular formula is C10H12N2O2. The average molecular weight is 192 g/mol. The molecule has 1 heterocycles. The van der Waals surface area contributed by atoms with Crippen LogP contribution < -0.4 is 0 Å². The summed E-state index contributed by atoms with van der Waals surface area (Å²) in [5.74, 6) is 1.96. The second-order valence-corrected chi connectivity index (χ2v) is 2.99. The van der Waals surface area contributed by atoms with Crippen LogP contribution in [0.15, 0.2) is 6.20 Å². The van der Waals surface area contributed by atoms with Crippen molar-refractivity contribution in [1.29, 1.82) is 0 Å². The van der Waals surface area contributed by atoms with Crippen LogP contribution in [0.5, 0.6) is 0 Å². The molecule has 0 saturated carbocycles. The maximum absolute atomic E-state index is 11.3. The van der Waals surface area contributed by atoms with Crippen molar-refractivity contribution in [2.75, 3.05) is 7.11 Å². The lowest BCUT2D eigenvalue weighted by atomic mass is 10.0. The van der Waals surface area contributed by atoms with E-state index in [1.807, 2.05) is 6.92 Å². The number of ether oxygens (including phenoxy) is 1. The van der Waals surface area contributed by atoms with Crippen LogP contribution in [-0.2, 0) is 11.8 Å². The van der Waals surface area contributed by atoms with Gasteiger partial charge in [0.2, 0.25) is 0 Å². The zero-order valence-corrected chi connectivity index (χ0v) is 8.44. The number of carbonyl (C=O) groups is 1.